The summed E-state index contributed by atoms with van der Waals surface area (Å²) in [6.07, 6.45) is 7.17. The van der Waals surface area contributed by atoms with Gasteiger partial charge in [0.1, 0.15) is 0 Å². The molecule has 1 saturated heterocycles. The highest BCUT2D eigenvalue weighted by molar-refractivity contribution is 7.89. The van der Waals surface area contributed by atoms with Crippen LogP contribution in [0, 0.1) is 0 Å². The molecule has 1 aromatic heterocycles. The maximum atomic E-state index is 12.9. The van der Waals surface area contributed by atoms with Gasteiger partial charge in [-0.1, -0.05) is 35.9 Å². The SMILES string of the molecule is O=C(Nc1cccc(/C=C/c2ccccn2)c1)c1cc(S(=O)(=O)N2CCCC2)ccc1Cl. The average Bonchev–Trinajstić information content (AvgIpc) is 3.35. The Hall–Kier alpha value is -3.00. The van der Waals surface area contributed by atoms with E-state index in [9.17, 15) is 13.2 Å². The van der Waals surface area contributed by atoms with Crippen molar-refractivity contribution < 1.29 is 13.2 Å². The van der Waals surface area contributed by atoms with Crippen LogP contribution in [-0.4, -0.2) is 36.7 Å². The molecule has 0 spiro atoms. The summed E-state index contributed by atoms with van der Waals surface area (Å²) in [7, 11) is -3.65. The third-order valence-corrected chi connectivity index (χ3v) is 7.39. The van der Waals surface area contributed by atoms with E-state index in [1.807, 2.05) is 48.6 Å². The summed E-state index contributed by atoms with van der Waals surface area (Å²) >= 11 is 6.23. The number of benzene rings is 2. The molecule has 8 heteroatoms. The van der Waals surface area contributed by atoms with Crippen LogP contribution in [0.15, 0.2) is 71.8 Å². The van der Waals surface area contributed by atoms with Crippen molar-refractivity contribution in [2.75, 3.05) is 18.4 Å². The highest BCUT2D eigenvalue weighted by Crippen LogP contribution is 2.26. The summed E-state index contributed by atoms with van der Waals surface area (Å²) in [5, 5.41) is 2.99. The molecule has 1 aliphatic heterocycles. The summed E-state index contributed by atoms with van der Waals surface area (Å²) < 4.78 is 27.1. The van der Waals surface area contributed by atoms with Gasteiger partial charge in [0.05, 0.1) is 21.2 Å². The summed E-state index contributed by atoms with van der Waals surface area (Å²) in [6.45, 7) is 0.983. The van der Waals surface area contributed by atoms with Crippen LogP contribution in [0.4, 0.5) is 5.69 Å². The summed E-state index contributed by atoms with van der Waals surface area (Å²) in [5.74, 6) is -0.473. The number of carbonyl (C=O) groups excluding carboxylic acids is 1. The van der Waals surface area contributed by atoms with Gasteiger partial charge in [-0.2, -0.15) is 4.31 Å². The van der Waals surface area contributed by atoms with E-state index in [4.69, 9.17) is 11.6 Å². The van der Waals surface area contributed by atoms with Crippen molar-refractivity contribution >= 4 is 45.4 Å². The number of aromatic nitrogens is 1. The molecule has 1 aliphatic rings. The molecule has 0 unspecified atom stereocenters. The molecule has 164 valence electrons. The second-order valence-corrected chi connectivity index (χ2v) is 9.77. The minimum atomic E-state index is -3.65. The summed E-state index contributed by atoms with van der Waals surface area (Å²) in [4.78, 5) is 17.2. The maximum absolute atomic E-state index is 12.9. The molecule has 1 N–H and O–H groups in total. The molecule has 2 aromatic carbocycles. The standard InChI is InChI=1S/C24H22ClN3O3S/c25-23-12-11-21(32(30,31)28-14-3-4-15-28)17-22(23)24(29)27-20-8-5-6-18(16-20)9-10-19-7-1-2-13-26-19/h1-2,5-13,16-17H,3-4,14-15H2,(H,27,29)/b10-9+. The maximum Gasteiger partial charge on any atom is 0.257 e. The summed E-state index contributed by atoms with van der Waals surface area (Å²) in [5.41, 5.74) is 2.39. The van der Waals surface area contributed by atoms with Gasteiger partial charge < -0.3 is 5.32 Å². The number of rotatable bonds is 6. The molecule has 6 nitrogen and oxygen atoms in total. The predicted molar refractivity (Wildman–Crippen MR) is 127 cm³/mol. The highest BCUT2D eigenvalue weighted by Gasteiger charge is 2.28. The van der Waals surface area contributed by atoms with Gasteiger partial charge in [0.2, 0.25) is 10.0 Å². The minimum absolute atomic E-state index is 0.0704. The second-order valence-electron chi connectivity index (χ2n) is 7.42. The van der Waals surface area contributed by atoms with Crippen LogP contribution in [0.5, 0.6) is 0 Å². The zero-order valence-corrected chi connectivity index (χ0v) is 18.8. The molecule has 3 aromatic rings. The van der Waals surface area contributed by atoms with Crippen LogP contribution in [0.1, 0.15) is 34.5 Å². The van der Waals surface area contributed by atoms with Gasteiger partial charge in [-0.25, -0.2) is 8.42 Å². The predicted octanol–water partition coefficient (Wildman–Crippen LogP) is 4.94. The van der Waals surface area contributed by atoms with E-state index < -0.39 is 15.9 Å². The van der Waals surface area contributed by atoms with Crippen LogP contribution in [0.2, 0.25) is 5.02 Å². The van der Waals surface area contributed by atoms with E-state index in [1.54, 1.807) is 12.3 Å². The molecule has 4 rings (SSSR count). The molecule has 0 saturated carbocycles. The highest BCUT2D eigenvalue weighted by atomic mass is 35.5. The molecule has 0 radical (unpaired) electrons. The first-order valence-electron chi connectivity index (χ1n) is 10.2. The largest absolute Gasteiger partial charge is 0.322 e. The van der Waals surface area contributed by atoms with E-state index in [2.05, 4.69) is 10.3 Å². The molecule has 0 aliphatic carbocycles. The van der Waals surface area contributed by atoms with Crippen LogP contribution in [-0.2, 0) is 10.0 Å². The lowest BCUT2D eigenvalue weighted by atomic mass is 10.1. The average molecular weight is 468 g/mol. The Kier molecular flexibility index (Phi) is 6.69. The number of halogens is 1. The van der Waals surface area contributed by atoms with Gasteiger partial charge in [0.25, 0.3) is 5.91 Å². The van der Waals surface area contributed by atoms with Gasteiger partial charge in [-0.15, -0.1) is 0 Å². The van der Waals surface area contributed by atoms with Crippen molar-refractivity contribution in [3.05, 3.63) is 88.7 Å². The quantitative estimate of drug-likeness (QED) is 0.556. The summed E-state index contributed by atoms with van der Waals surface area (Å²) in [6, 6.07) is 17.2. The van der Waals surface area contributed by atoms with Gasteiger partial charge in [0, 0.05) is 25.0 Å². The van der Waals surface area contributed by atoms with Crippen molar-refractivity contribution in [2.24, 2.45) is 0 Å². The molecule has 2 heterocycles. The van der Waals surface area contributed by atoms with E-state index in [1.165, 1.54) is 22.5 Å². The number of hydrogen-bond acceptors (Lipinski definition) is 4. The Bertz CT molecular complexity index is 1250. The molecule has 32 heavy (non-hydrogen) atoms. The van der Waals surface area contributed by atoms with Gasteiger partial charge in [-0.3, -0.25) is 9.78 Å². The number of nitrogens with one attached hydrogen (secondary N) is 1. The van der Waals surface area contributed by atoms with E-state index in [0.29, 0.717) is 18.8 Å². The number of carbonyl (C=O) groups is 1. The lowest BCUT2D eigenvalue weighted by Gasteiger charge is -2.16. The van der Waals surface area contributed by atoms with Crippen LogP contribution < -0.4 is 5.32 Å². The van der Waals surface area contributed by atoms with Crippen LogP contribution in [0.3, 0.4) is 0 Å². The number of sulfonamides is 1. The zero-order valence-electron chi connectivity index (χ0n) is 17.2. The van der Waals surface area contributed by atoms with Crippen molar-refractivity contribution in [1.82, 2.24) is 9.29 Å². The van der Waals surface area contributed by atoms with E-state index >= 15 is 0 Å². The smallest absolute Gasteiger partial charge is 0.257 e. The first kappa shape index (κ1) is 22.2. The minimum Gasteiger partial charge on any atom is -0.322 e. The number of anilines is 1. The second kappa shape index (κ2) is 9.65. The number of pyridine rings is 1. The molecule has 0 atom stereocenters. The number of hydrogen-bond donors (Lipinski definition) is 1. The van der Waals surface area contributed by atoms with Crippen LogP contribution >= 0.6 is 11.6 Å². The first-order valence-corrected chi connectivity index (χ1v) is 12.1. The number of amides is 1. The third-order valence-electron chi connectivity index (χ3n) is 5.16. The molecule has 1 fully saturated rings. The Morgan fingerprint density at radius 3 is 2.56 bits per heavy atom. The zero-order chi connectivity index (χ0) is 22.6. The molecular weight excluding hydrogens is 446 g/mol. The Balaban J connectivity index is 1.53. The van der Waals surface area contributed by atoms with Crippen molar-refractivity contribution in [3.8, 4) is 0 Å². The topological polar surface area (TPSA) is 79.4 Å². The number of nitrogens with zero attached hydrogens (tertiary/aromatic N) is 2. The lowest BCUT2D eigenvalue weighted by molar-refractivity contribution is 0.102. The lowest BCUT2D eigenvalue weighted by Crippen LogP contribution is -2.28. The van der Waals surface area contributed by atoms with Gasteiger partial charge in [-0.05, 0) is 66.9 Å². The normalized spacial score (nSPS) is 14.7. The first-order chi connectivity index (χ1) is 15.4. The Morgan fingerprint density at radius 1 is 1.00 bits per heavy atom. The van der Waals surface area contributed by atoms with Crippen molar-refractivity contribution in [3.63, 3.8) is 0 Å². The fraction of sp³-hybridized carbons (Fsp3) is 0.167. The Morgan fingerprint density at radius 2 is 1.81 bits per heavy atom. The molecular formula is C24H22ClN3O3S. The fourth-order valence-electron chi connectivity index (χ4n) is 3.49. The van der Waals surface area contributed by atoms with Crippen LogP contribution in [0.25, 0.3) is 12.2 Å². The fourth-order valence-corrected chi connectivity index (χ4v) is 5.24. The Labute approximate surface area is 192 Å². The van der Waals surface area contributed by atoms with Gasteiger partial charge in [0.15, 0.2) is 0 Å². The van der Waals surface area contributed by atoms with Gasteiger partial charge >= 0.3 is 0 Å². The van der Waals surface area contributed by atoms with Crippen molar-refractivity contribution in [2.45, 2.75) is 17.7 Å². The van der Waals surface area contributed by atoms with E-state index in [-0.39, 0.29) is 15.5 Å². The van der Waals surface area contributed by atoms with Crippen molar-refractivity contribution in [1.29, 1.82) is 0 Å². The molecule has 0 bridgehead atoms. The van der Waals surface area contributed by atoms with E-state index in [0.717, 1.165) is 24.1 Å². The molecule has 1 amide bonds. The monoisotopic (exact) mass is 467 g/mol. The third kappa shape index (κ3) is 5.07.